The minimum Gasteiger partial charge on any atom is -0.384 e. The molecule has 0 fully saturated rings. The van der Waals surface area contributed by atoms with Gasteiger partial charge in [-0.3, -0.25) is 9.78 Å². The van der Waals surface area contributed by atoms with E-state index in [4.69, 9.17) is 11.6 Å². The van der Waals surface area contributed by atoms with Gasteiger partial charge in [0.05, 0.1) is 5.52 Å². The smallest absolute Gasteiger partial charge is 0.221 e. The summed E-state index contributed by atoms with van der Waals surface area (Å²) in [5.41, 5.74) is 1.81. The van der Waals surface area contributed by atoms with Gasteiger partial charge in [-0.05, 0) is 31.2 Å². The summed E-state index contributed by atoms with van der Waals surface area (Å²) >= 11 is 5.94. The van der Waals surface area contributed by atoms with Gasteiger partial charge < -0.3 is 10.6 Å². The van der Waals surface area contributed by atoms with Gasteiger partial charge in [0.25, 0.3) is 0 Å². The van der Waals surface area contributed by atoms with Crippen molar-refractivity contribution in [2.24, 2.45) is 0 Å². The highest BCUT2D eigenvalue weighted by Gasteiger charge is 2.03. The lowest BCUT2D eigenvalue weighted by molar-refractivity contribution is -0.120. The topological polar surface area (TPSA) is 54.0 Å². The first-order chi connectivity index (χ1) is 9.20. The third kappa shape index (κ3) is 3.58. The molecule has 5 heteroatoms. The molecule has 1 aromatic heterocycles. The average molecular weight is 278 g/mol. The van der Waals surface area contributed by atoms with Crippen LogP contribution in [0.4, 0.5) is 5.69 Å². The molecule has 0 aliphatic rings. The second-order valence-corrected chi connectivity index (χ2v) is 4.59. The molecule has 19 heavy (non-hydrogen) atoms. The summed E-state index contributed by atoms with van der Waals surface area (Å²) in [5, 5.41) is 7.69. The Bertz CT molecular complexity index is 586. The minimum atomic E-state index is 0.0522. The predicted octanol–water partition coefficient (Wildman–Crippen LogP) is 2.83. The molecule has 0 aliphatic carbocycles. The molecule has 2 N–H and O–H groups in total. The Morgan fingerprint density at radius 3 is 3.00 bits per heavy atom. The van der Waals surface area contributed by atoms with Gasteiger partial charge in [0.2, 0.25) is 5.91 Å². The fourth-order valence-electron chi connectivity index (χ4n) is 1.87. The van der Waals surface area contributed by atoms with E-state index in [2.05, 4.69) is 15.6 Å². The first-order valence-corrected chi connectivity index (χ1v) is 6.63. The first kappa shape index (κ1) is 13.6. The fourth-order valence-corrected chi connectivity index (χ4v) is 2.04. The van der Waals surface area contributed by atoms with Crippen LogP contribution in [0.5, 0.6) is 0 Å². The highest BCUT2D eigenvalue weighted by molar-refractivity contribution is 6.31. The second kappa shape index (κ2) is 6.38. The Morgan fingerprint density at radius 2 is 2.21 bits per heavy atom. The van der Waals surface area contributed by atoms with Gasteiger partial charge in [-0.15, -0.1) is 0 Å². The van der Waals surface area contributed by atoms with Crippen molar-refractivity contribution in [1.82, 2.24) is 10.3 Å². The van der Waals surface area contributed by atoms with Crippen molar-refractivity contribution in [3.8, 4) is 0 Å². The number of halogens is 1. The molecule has 0 saturated heterocycles. The van der Waals surface area contributed by atoms with Gasteiger partial charge in [-0.2, -0.15) is 0 Å². The number of benzene rings is 1. The zero-order valence-electron chi connectivity index (χ0n) is 10.7. The molecule has 0 spiro atoms. The van der Waals surface area contributed by atoms with Gasteiger partial charge in [0.15, 0.2) is 0 Å². The summed E-state index contributed by atoms with van der Waals surface area (Å²) in [7, 11) is 0. The number of nitrogens with one attached hydrogen (secondary N) is 2. The van der Waals surface area contributed by atoms with E-state index in [1.165, 1.54) is 0 Å². The van der Waals surface area contributed by atoms with Crippen LogP contribution in [0.15, 0.2) is 30.5 Å². The number of pyridine rings is 1. The van der Waals surface area contributed by atoms with E-state index in [1.54, 1.807) is 6.20 Å². The Labute approximate surface area is 117 Å². The number of rotatable bonds is 5. The van der Waals surface area contributed by atoms with Gasteiger partial charge in [0, 0.05) is 41.8 Å². The highest BCUT2D eigenvalue weighted by Crippen LogP contribution is 2.24. The Hall–Kier alpha value is -1.81. The van der Waals surface area contributed by atoms with Crippen LogP contribution in [0.3, 0.4) is 0 Å². The molecular formula is C14H16ClN3O. The fraction of sp³-hybridized carbons (Fsp3) is 0.286. The van der Waals surface area contributed by atoms with Gasteiger partial charge in [-0.1, -0.05) is 11.6 Å². The number of nitrogens with zero attached hydrogens (tertiary/aromatic N) is 1. The van der Waals surface area contributed by atoms with Crippen molar-refractivity contribution in [3.05, 3.63) is 35.5 Å². The summed E-state index contributed by atoms with van der Waals surface area (Å²) in [6.45, 7) is 3.16. The lowest BCUT2D eigenvalue weighted by atomic mass is 10.2. The Balaban J connectivity index is 2.06. The third-order valence-electron chi connectivity index (χ3n) is 2.75. The largest absolute Gasteiger partial charge is 0.384 e. The van der Waals surface area contributed by atoms with Crippen LogP contribution in [-0.4, -0.2) is 24.0 Å². The van der Waals surface area contributed by atoms with Gasteiger partial charge in [0.1, 0.15) is 0 Å². The second-order valence-electron chi connectivity index (χ2n) is 4.15. The number of fused-ring (bicyclic) bond motifs is 1. The van der Waals surface area contributed by atoms with E-state index >= 15 is 0 Å². The van der Waals surface area contributed by atoms with Crippen LogP contribution < -0.4 is 10.6 Å². The van der Waals surface area contributed by atoms with Crippen LogP contribution in [-0.2, 0) is 4.79 Å². The molecule has 1 amide bonds. The van der Waals surface area contributed by atoms with E-state index in [0.29, 0.717) is 24.5 Å². The molecule has 0 saturated carbocycles. The van der Waals surface area contributed by atoms with E-state index < -0.39 is 0 Å². The van der Waals surface area contributed by atoms with Crippen LogP contribution in [0.25, 0.3) is 10.9 Å². The maximum absolute atomic E-state index is 11.4. The van der Waals surface area contributed by atoms with Crippen molar-refractivity contribution in [2.45, 2.75) is 13.3 Å². The van der Waals surface area contributed by atoms with Crippen molar-refractivity contribution in [2.75, 3.05) is 18.4 Å². The summed E-state index contributed by atoms with van der Waals surface area (Å²) in [6.07, 6.45) is 2.18. The Kier molecular flexibility index (Phi) is 4.58. The molecule has 0 aliphatic heterocycles. The molecule has 0 bridgehead atoms. The SMILES string of the molecule is CCNC(=O)CCNc1ccnc2cc(Cl)ccc12. The van der Waals surface area contributed by atoms with E-state index in [-0.39, 0.29) is 5.91 Å². The van der Waals surface area contributed by atoms with Crippen molar-refractivity contribution < 1.29 is 4.79 Å². The van der Waals surface area contributed by atoms with Crippen LogP contribution in [0.1, 0.15) is 13.3 Å². The number of anilines is 1. The highest BCUT2D eigenvalue weighted by atomic mass is 35.5. The lowest BCUT2D eigenvalue weighted by Gasteiger charge is -2.09. The van der Waals surface area contributed by atoms with Crippen molar-refractivity contribution in [1.29, 1.82) is 0 Å². The van der Waals surface area contributed by atoms with Crippen molar-refractivity contribution in [3.63, 3.8) is 0 Å². The van der Waals surface area contributed by atoms with E-state index in [1.807, 2.05) is 31.2 Å². The van der Waals surface area contributed by atoms with Gasteiger partial charge >= 0.3 is 0 Å². The molecule has 0 unspecified atom stereocenters. The van der Waals surface area contributed by atoms with Crippen LogP contribution >= 0.6 is 11.6 Å². The zero-order valence-corrected chi connectivity index (χ0v) is 11.5. The molecule has 1 heterocycles. The maximum Gasteiger partial charge on any atom is 0.221 e. The van der Waals surface area contributed by atoms with E-state index in [9.17, 15) is 4.79 Å². The summed E-state index contributed by atoms with van der Waals surface area (Å²) < 4.78 is 0. The summed E-state index contributed by atoms with van der Waals surface area (Å²) in [4.78, 5) is 15.6. The molecule has 0 radical (unpaired) electrons. The van der Waals surface area contributed by atoms with E-state index in [0.717, 1.165) is 16.6 Å². The van der Waals surface area contributed by atoms with Crippen LogP contribution in [0.2, 0.25) is 5.02 Å². The number of hydrogen-bond donors (Lipinski definition) is 2. The zero-order chi connectivity index (χ0) is 13.7. The molecular weight excluding hydrogens is 262 g/mol. The van der Waals surface area contributed by atoms with Crippen molar-refractivity contribution >= 4 is 34.1 Å². The monoisotopic (exact) mass is 277 g/mol. The number of aromatic nitrogens is 1. The quantitative estimate of drug-likeness (QED) is 0.884. The molecule has 2 aromatic rings. The number of hydrogen-bond acceptors (Lipinski definition) is 3. The molecule has 1 aromatic carbocycles. The number of carbonyl (C=O) groups excluding carboxylic acids is 1. The number of carbonyl (C=O) groups is 1. The molecule has 100 valence electrons. The normalized spacial score (nSPS) is 10.4. The Morgan fingerprint density at radius 1 is 1.37 bits per heavy atom. The minimum absolute atomic E-state index is 0.0522. The molecule has 4 nitrogen and oxygen atoms in total. The predicted molar refractivity (Wildman–Crippen MR) is 78.5 cm³/mol. The molecule has 2 rings (SSSR count). The third-order valence-corrected chi connectivity index (χ3v) is 2.98. The summed E-state index contributed by atoms with van der Waals surface area (Å²) in [6, 6.07) is 7.49. The maximum atomic E-state index is 11.4. The lowest BCUT2D eigenvalue weighted by Crippen LogP contribution is -2.24. The standard InChI is InChI=1S/C14H16ClN3O/c1-2-16-14(19)6-8-17-12-5-7-18-13-9-10(15)3-4-11(12)13/h3-5,7,9H,2,6,8H2,1H3,(H,16,19)(H,17,18). The first-order valence-electron chi connectivity index (χ1n) is 6.25. The van der Waals surface area contributed by atoms with Crippen LogP contribution in [0, 0.1) is 0 Å². The molecule has 0 atom stereocenters. The summed E-state index contributed by atoms with van der Waals surface area (Å²) in [5.74, 6) is 0.0522. The number of amides is 1. The average Bonchev–Trinajstić information content (AvgIpc) is 2.39. The van der Waals surface area contributed by atoms with Gasteiger partial charge in [-0.25, -0.2) is 0 Å².